The SMILES string of the molecule is CSc1cccc(NS(=O)(=O)c2nnc(NC(=O)c3ccccc3)s2)c1. The van der Waals surface area contributed by atoms with E-state index in [9.17, 15) is 13.2 Å². The van der Waals surface area contributed by atoms with Gasteiger partial charge in [0.1, 0.15) is 0 Å². The Labute approximate surface area is 158 Å². The summed E-state index contributed by atoms with van der Waals surface area (Å²) in [4.78, 5) is 13.0. The predicted molar refractivity (Wildman–Crippen MR) is 103 cm³/mol. The Balaban J connectivity index is 1.74. The number of carbonyl (C=O) groups is 1. The predicted octanol–water partition coefficient (Wildman–Crippen LogP) is 3.31. The minimum absolute atomic E-state index is 0.108. The van der Waals surface area contributed by atoms with Gasteiger partial charge in [0.2, 0.25) is 5.13 Å². The summed E-state index contributed by atoms with van der Waals surface area (Å²) >= 11 is 2.29. The third-order valence-corrected chi connectivity index (χ3v) is 6.53. The van der Waals surface area contributed by atoms with Crippen molar-refractivity contribution in [3.05, 3.63) is 60.2 Å². The fourth-order valence-electron chi connectivity index (χ4n) is 2.01. The second kappa shape index (κ2) is 7.85. The van der Waals surface area contributed by atoms with E-state index < -0.39 is 10.0 Å². The molecule has 7 nitrogen and oxygen atoms in total. The van der Waals surface area contributed by atoms with Crippen molar-refractivity contribution in [2.24, 2.45) is 0 Å². The van der Waals surface area contributed by atoms with Gasteiger partial charge < -0.3 is 0 Å². The molecule has 1 heterocycles. The van der Waals surface area contributed by atoms with Crippen molar-refractivity contribution >= 4 is 49.8 Å². The fourth-order valence-corrected chi connectivity index (χ4v) is 4.42. The van der Waals surface area contributed by atoms with Gasteiger partial charge in [0, 0.05) is 10.5 Å². The van der Waals surface area contributed by atoms with Crippen LogP contribution >= 0.6 is 23.1 Å². The summed E-state index contributed by atoms with van der Waals surface area (Å²) in [6.07, 6.45) is 1.90. The van der Waals surface area contributed by atoms with Crippen LogP contribution in [0.4, 0.5) is 10.8 Å². The zero-order chi connectivity index (χ0) is 18.6. The number of nitrogens with zero attached hydrogens (tertiary/aromatic N) is 2. The number of thioether (sulfide) groups is 1. The van der Waals surface area contributed by atoms with Crippen LogP contribution in [0.5, 0.6) is 0 Å². The van der Waals surface area contributed by atoms with Crippen LogP contribution in [0.25, 0.3) is 0 Å². The highest BCUT2D eigenvalue weighted by molar-refractivity contribution is 7.98. The van der Waals surface area contributed by atoms with Crippen molar-refractivity contribution in [1.82, 2.24) is 10.2 Å². The summed E-state index contributed by atoms with van der Waals surface area (Å²) in [5.74, 6) is -0.383. The molecule has 2 N–H and O–H groups in total. The van der Waals surface area contributed by atoms with Crippen LogP contribution in [0.1, 0.15) is 10.4 Å². The zero-order valence-corrected chi connectivity index (χ0v) is 16.0. The van der Waals surface area contributed by atoms with Crippen molar-refractivity contribution in [2.45, 2.75) is 9.24 Å². The molecule has 3 rings (SSSR count). The maximum Gasteiger partial charge on any atom is 0.291 e. The van der Waals surface area contributed by atoms with E-state index in [1.807, 2.05) is 12.3 Å². The summed E-state index contributed by atoms with van der Waals surface area (Å²) in [5, 5.41) is 10.1. The van der Waals surface area contributed by atoms with Crippen molar-refractivity contribution in [3.8, 4) is 0 Å². The number of amides is 1. The third-order valence-electron chi connectivity index (χ3n) is 3.21. The number of rotatable bonds is 6. The number of aromatic nitrogens is 2. The van der Waals surface area contributed by atoms with Gasteiger partial charge in [-0.2, -0.15) is 8.42 Å². The highest BCUT2D eigenvalue weighted by Gasteiger charge is 2.21. The molecule has 0 saturated carbocycles. The molecule has 26 heavy (non-hydrogen) atoms. The maximum atomic E-state index is 12.4. The number of anilines is 2. The lowest BCUT2D eigenvalue weighted by Crippen LogP contribution is -2.12. The molecule has 0 aliphatic rings. The Kier molecular flexibility index (Phi) is 5.55. The molecule has 0 spiro atoms. The van der Waals surface area contributed by atoms with E-state index in [1.54, 1.807) is 48.5 Å². The van der Waals surface area contributed by atoms with Gasteiger partial charge in [-0.05, 0) is 36.6 Å². The molecule has 0 radical (unpaired) electrons. The average Bonchev–Trinajstić information content (AvgIpc) is 3.12. The number of carbonyl (C=O) groups excluding carboxylic acids is 1. The van der Waals surface area contributed by atoms with Crippen molar-refractivity contribution < 1.29 is 13.2 Å². The van der Waals surface area contributed by atoms with E-state index in [1.165, 1.54) is 11.8 Å². The van der Waals surface area contributed by atoms with Crippen molar-refractivity contribution in [1.29, 1.82) is 0 Å². The smallest absolute Gasteiger partial charge is 0.291 e. The van der Waals surface area contributed by atoms with Gasteiger partial charge in [-0.15, -0.1) is 22.0 Å². The van der Waals surface area contributed by atoms with Crippen LogP contribution in [0.2, 0.25) is 0 Å². The first-order valence-electron chi connectivity index (χ1n) is 7.35. The summed E-state index contributed by atoms with van der Waals surface area (Å²) in [5.41, 5.74) is 0.876. The molecular weight excluding hydrogens is 392 g/mol. The summed E-state index contributed by atoms with van der Waals surface area (Å²) < 4.78 is 27.1. The summed E-state index contributed by atoms with van der Waals surface area (Å²) in [7, 11) is -3.88. The van der Waals surface area contributed by atoms with Gasteiger partial charge in [0.25, 0.3) is 20.3 Å². The van der Waals surface area contributed by atoms with E-state index in [-0.39, 0.29) is 15.4 Å². The van der Waals surface area contributed by atoms with Crippen LogP contribution in [0.3, 0.4) is 0 Å². The van der Waals surface area contributed by atoms with Gasteiger partial charge >= 0.3 is 0 Å². The average molecular weight is 407 g/mol. The maximum absolute atomic E-state index is 12.4. The quantitative estimate of drug-likeness (QED) is 0.481. The molecule has 0 aliphatic carbocycles. The fraction of sp³-hybridized carbons (Fsp3) is 0.0625. The minimum atomic E-state index is -3.88. The van der Waals surface area contributed by atoms with Crippen LogP contribution in [-0.4, -0.2) is 30.8 Å². The molecule has 0 unspecified atom stereocenters. The van der Waals surface area contributed by atoms with Gasteiger partial charge in [-0.1, -0.05) is 35.6 Å². The molecule has 1 aromatic heterocycles. The molecule has 134 valence electrons. The molecule has 10 heteroatoms. The normalized spacial score (nSPS) is 11.1. The highest BCUT2D eigenvalue weighted by Crippen LogP contribution is 2.25. The summed E-state index contributed by atoms with van der Waals surface area (Å²) in [6.45, 7) is 0. The van der Waals surface area contributed by atoms with Gasteiger partial charge in [0.05, 0.1) is 5.69 Å². The van der Waals surface area contributed by atoms with Crippen LogP contribution < -0.4 is 10.0 Å². The van der Waals surface area contributed by atoms with Crippen LogP contribution in [-0.2, 0) is 10.0 Å². The van der Waals surface area contributed by atoms with Gasteiger partial charge in [-0.3, -0.25) is 14.8 Å². The molecule has 0 aliphatic heterocycles. The molecular formula is C16H14N4O3S3. The highest BCUT2D eigenvalue weighted by atomic mass is 32.2. The lowest BCUT2D eigenvalue weighted by Gasteiger charge is -2.06. The molecule has 0 fully saturated rings. The first kappa shape index (κ1) is 18.4. The molecule has 1 amide bonds. The Morgan fingerprint density at radius 1 is 1.08 bits per heavy atom. The second-order valence-electron chi connectivity index (χ2n) is 5.03. The first-order valence-corrected chi connectivity index (χ1v) is 10.9. The third kappa shape index (κ3) is 4.40. The number of nitrogens with one attached hydrogen (secondary N) is 2. The number of hydrogen-bond acceptors (Lipinski definition) is 7. The van der Waals surface area contributed by atoms with E-state index in [4.69, 9.17) is 0 Å². The topological polar surface area (TPSA) is 101 Å². The Hall–Kier alpha value is -2.43. The van der Waals surface area contributed by atoms with Crippen molar-refractivity contribution in [3.63, 3.8) is 0 Å². The minimum Gasteiger partial charge on any atom is -0.296 e. The van der Waals surface area contributed by atoms with Crippen LogP contribution in [0, 0.1) is 0 Å². The molecule has 0 bridgehead atoms. The molecule has 0 atom stereocenters. The van der Waals surface area contributed by atoms with E-state index in [0.29, 0.717) is 11.3 Å². The Morgan fingerprint density at radius 2 is 1.85 bits per heavy atom. The monoisotopic (exact) mass is 406 g/mol. The van der Waals surface area contributed by atoms with E-state index in [0.717, 1.165) is 16.2 Å². The first-order chi connectivity index (χ1) is 12.5. The van der Waals surface area contributed by atoms with Gasteiger partial charge in [-0.25, -0.2) is 0 Å². The summed E-state index contributed by atoms with van der Waals surface area (Å²) in [6, 6.07) is 15.6. The molecule has 2 aromatic carbocycles. The number of sulfonamides is 1. The zero-order valence-electron chi connectivity index (χ0n) is 13.5. The second-order valence-corrected chi connectivity index (χ2v) is 8.74. The molecule has 3 aromatic rings. The Morgan fingerprint density at radius 3 is 2.58 bits per heavy atom. The van der Waals surface area contributed by atoms with E-state index in [2.05, 4.69) is 20.2 Å². The van der Waals surface area contributed by atoms with E-state index >= 15 is 0 Å². The number of benzene rings is 2. The van der Waals surface area contributed by atoms with Gasteiger partial charge in [0.15, 0.2) is 0 Å². The van der Waals surface area contributed by atoms with Crippen LogP contribution in [0.15, 0.2) is 63.8 Å². The molecule has 0 saturated heterocycles. The van der Waals surface area contributed by atoms with Crippen molar-refractivity contribution in [2.75, 3.05) is 16.3 Å². The lowest BCUT2D eigenvalue weighted by molar-refractivity contribution is 0.102. The largest absolute Gasteiger partial charge is 0.296 e. The standard InChI is InChI=1S/C16H14N4O3S3/c1-24-13-9-5-8-12(10-13)20-26(22,23)16-19-18-15(25-16)17-14(21)11-6-3-2-4-7-11/h2-10,20H,1H3,(H,17,18,21). The lowest BCUT2D eigenvalue weighted by atomic mass is 10.2. The Bertz CT molecular complexity index is 1020. The number of hydrogen-bond donors (Lipinski definition) is 2.